The molecule has 3 aromatic rings. The summed E-state index contributed by atoms with van der Waals surface area (Å²) in [6, 6.07) is 16.2. The molecular weight excluding hydrogens is 413 g/mol. The minimum Gasteiger partial charge on any atom is -0.493 e. The number of rotatable bonds is 9. The Hall–Kier alpha value is -3.12. The number of thiophene rings is 1. The fourth-order valence-corrected chi connectivity index (χ4v) is 3.89. The lowest BCUT2D eigenvalue weighted by molar-refractivity contribution is -0.127. The van der Waals surface area contributed by atoms with Crippen molar-refractivity contribution in [2.75, 3.05) is 7.11 Å². The van der Waals surface area contributed by atoms with E-state index in [1.54, 1.807) is 36.7 Å². The van der Waals surface area contributed by atoms with E-state index in [4.69, 9.17) is 9.47 Å². The Kier molecular flexibility index (Phi) is 6.67. The quantitative estimate of drug-likeness (QED) is 0.404. The Bertz CT molecular complexity index is 1040. The van der Waals surface area contributed by atoms with Gasteiger partial charge in [-0.2, -0.15) is 0 Å². The maximum Gasteiger partial charge on any atom is 0.247 e. The molecule has 4 nitrogen and oxygen atoms in total. The van der Waals surface area contributed by atoms with Gasteiger partial charge in [0.15, 0.2) is 11.5 Å². The minimum absolute atomic E-state index is 0.0199. The average Bonchev–Trinajstić information content (AvgIpc) is 3.50. The first-order valence-corrected chi connectivity index (χ1v) is 11.1. The number of hydrogen-bond donors (Lipinski definition) is 0. The molecule has 2 aromatic carbocycles. The molecule has 0 radical (unpaired) electrons. The van der Waals surface area contributed by atoms with Gasteiger partial charge in [0, 0.05) is 23.5 Å². The summed E-state index contributed by atoms with van der Waals surface area (Å²) < 4.78 is 24.4. The first-order chi connectivity index (χ1) is 15.1. The summed E-state index contributed by atoms with van der Waals surface area (Å²) >= 11 is 1.61. The van der Waals surface area contributed by atoms with Crippen LogP contribution < -0.4 is 9.47 Å². The number of carbonyl (C=O) groups is 1. The number of methoxy groups -OCH3 is 1. The summed E-state index contributed by atoms with van der Waals surface area (Å²) in [7, 11) is 1.59. The zero-order valence-corrected chi connectivity index (χ0v) is 18.1. The third-order valence-electron chi connectivity index (χ3n) is 5.09. The van der Waals surface area contributed by atoms with Crippen molar-refractivity contribution < 1.29 is 18.7 Å². The molecule has 1 amide bonds. The van der Waals surface area contributed by atoms with Gasteiger partial charge in [0.2, 0.25) is 5.91 Å². The summed E-state index contributed by atoms with van der Waals surface area (Å²) in [4.78, 5) is 15.8. The summed E-state index contributed by atoms with van der Waals surface area (Å²) in [6.07, 6.45) is 5.60. The molecule has 0 atom stereocenters. The highest BCUT2D eigenvalue weighted by molar-refractivity contribution is 7.10. The first-order valence-electron chi connectivity index (χ1n) is 10.2. The fourth-order valence-electron chi connectivity index (χ4n) is 3.28. The monoisotopic (exact) mass is 437 g/mol. The molecule has 160 valence electrons. The molecule has 0 unspecified atom stereocenters. The van der Waals surface area contributed by atoms with Crippen LogP contribution in [0.2, 0.25) is 0 Å². The third-order valence-corrected chi connectivity index (χ3v) is 5.93. The molecule has 1 aromatic heterocycles. The molecule has 31 heavy (non-hydrogen) atoms. The Morgan fingerprint density at radius 1 is 1.13 bits per heavy atom. The van der Waals surface area contributed by atoms with Crippen molar-refractivity contribution in [1.82, 2.24) is 4.90 Å². The van der Waals surface area contributed by atoms with Gasteiger partial charge in [0.25, 0.3) is 0 Å². The van der Waals surface area contributed by atoms with E-state index in [9.17, 15) is 9.18 Å². The number of ether oxygens (including phenoxy) is 2. The summed E-state index contributed by atoms with van der Waals surface area (Å²) in [5, 5.41) is 1.99. The van der Waals surface area contributed by atoms with Crippen LogP contribution in [0.25, 0.3) is 6.08 Å². The van der Waals surface area contributed by atoms with E-state index in [0.29, 0.717) is 30.7 Å². The molecule has 0 aliphatic heterocycles. The molecule has 1 fully saturated rings. The van der Waals surface area contributed by atoms with Crippen LogP contribution in [0.1, 0.15) is 28.8 Å². The van der Waals surface area contributed by atoms with E-state index in [2.05, 4.69) is 0 Å². The van der Waals surface area contributed by atoms with Crippen molar-refractivity contribution in [3.63, 3.8) is 0 Å². The number of carbonyl (C=O) groups excluding carboxylic acids is 1. The molecule has 1 aliphatic carbocycles. The SMILES string of the molecule is COc1cc(CN(C(=O)/C=C/c2cccs2)C2CC2)ccc1OCc1ccc(F)cc1. The first kappa shape index (κ1) is 21.1. The number of hydrogen-bond acceptors (Lipinski definition) is 4. The predicted octanol–water partition coefficient (Wildman–Crippen LogP) is 5.68. The number of benzene rings is 2. The van der Waals surface area contributed by atoms with E-state index in [1.807, 2.05) is 46.7 Å². The minimum atomic E-state index is -0.273. The lowest BCUT2D eigenvalue weighted by atomic mass is 10.1. The van der Waals surface area contributed by atoms with Crippen molar-refractivity contribution in [3.8, 4) is 11.5 Å². The van der Waals surface area contributed by atoms with Gasteiger partial charge in [0.1, 0.15) is 12.4 Å². The lowest BCUT2D eigenvalue weighted by Crippen LogP contribution is -2.31. The zero-order chi connectivity index (χ0) is 21.6. The Morgan fingerprint density at radius 2 is 1.90 bits per heavy atom. The molecule has 6 heteroatoms. The van der Waals surface area contributed by atoms with E-state index in [-0.39, 0.29) is 11.7 Å². The largest absolute Gasteiger partial charge is 0.493 e. The van der Waals surface area contributed by atoms with Crippen molar-refractivity contribution in [2.45, 2.75) is 32.0 Å². The van der Waals surface area contributed by atoms with Crippen molar-refractivity contribution in [3.05, 3.63) is 87.9 Å². The zero-order valence-electron chi connectivity index (χ0n) is 17.3. The van der Waals surface area contributed by atoms with Gasteiger partial charge in [-0.25, -0.2) is 4.39 Å². The number of amides is 1. The third kappa shape index (κ3) is 5.73. The average molecular weight is 438 g/mol. The number of nitrogens with zero attached hydrogens (tertiary/aromatic N) is 1. The second-order valence-corrected chi connectivity index (χ2v) is 8.43. The van der Waals surface area contributed by atoms with Crippen LogP contribution in [0.15, 0.2) is 66.1 Å². The predicted molar refractivity (Wildman–Crippen MR) is 121 cm³/mol. The molecule has 0 spiro atoms. The second kappa shape index (κ2) is 9.79. The Morgan fingerprint density at radius 3 is 2.58 bits per heavy atom. The van der Waals surface area contributed by atoms with Gasteiger partial charge < -0.3 is 14.4 Å². The standard InChI is InChI=1S/C25H24FNO3S/c1-29-24-15-19(6-12-23(24)30-17-18-4-7-20(26)8-5-18)16-27(21-9-10-21)25(28)13-11-22-3-2-14-31-22/h2-8,11-15,21H,9-10,16-17H2,1H3/b13-11+. The molecule has 1 aliphatic rings. The maximum absolute atomic E-state index is 13.1. The van der Waals surface area contributed by atoms with Crippen LogP contribution in [0, 0.1) is 5.82 Å². The Balaban J connectivity index is 1.43. The van der Waals surface area contributed by atoms with E-state index < -0.39 is 0 Å². The molecular formula is C25H24FNO3S. The van der Waals surface area contributed by atoms with Gasteiger partial charge in [-0.3, -0.25) is 4.79 Å². The van der Waals surface area contributed by atoms with E-state index >= 15 is 0 Å². The highest BCUT2D eigenvalue weighted by Gasteiger charge is 2.31. The van der Waals surface area contributed by atoms with Gasteiger partial charge >= 0.3 is 0 Å². The molecule has 0 bridgehead atoms. The fraction of sp³-hybridized carbons (Fsp3) is 0.240. The van der Waals surface area contributed by atoms with Crippen molar-refractivity contribution >= 4 is 23.3 Å². The summed E-state index contributed by atoms with van der Waals surface area (Å²) in [5.74, 6) is 0.964. The molecule has 0 N–H and O–H groups in total. The second-order valence-electron chi connectivity index (χ2n) is 7.45. The van der Waals surface area contributed by atoms with Crippen LogP contribution in [0.3, 0.4) is 0 Å². The van der Waals surface area contributed by atoms with Gasteiger partial charge in [-0.05, 0) is 65.8 Å². The maximum atomic E-state index is 13.1. The topological polar surface area (TPSA) is 38.8 Å². The molecule has 1 saturated carbocycles. The van der Waals surface area contributed by atoms with E-state index in [0.717, 1.165) is 28.8 Å². The van der Waals surface area contributed by atoms with Crippen LogP contribution in [0.4, 0.5) is 4.39 Å². The van der Waals surface area contributed by atoms with Crippen molar-refractivity contribution in [1.29, 1.82) is 0 Å². The lowest BCUT2D eigenvalue weighted by Gasteiger charge is -2.22. The summed E-state index contributed by atoms with van der Waals surface area (Å²) in [6.45, 7) is 0.836. The molecule has 1 heterocycles. The smallest absolute Gasteiger partial charge is 0.247 e. The van der Waals surface area contributed by atoms with Crippen LogP contribution >= 0.6 is 11.3 Å². The number of halogens is 1. The molecule has 0 saturated heterocycles. The van der Waals surface area contributed by atoms with Crippen LogP contribution in [0.5, 0.6) is 11.5 Å². The summed E-state index contributed by atoms with van der Waals surface area (Å²) in [5.41, 5.74) is 1.85. The van der Waals surface area contributed by atoms with Gasteiger partial charge in [0.05, 0.1) is 7.11 Å². The molecule has 4 rings (SSSR count). The van der Waals surface area contributed by atoms with Gasteiger partial charge in [-0.15, -0.1) is 11.3 Å². The van der Waals surface area contributed by atoms with Gasteiger partial charge in [-0.1, -0.05) is 24.3 Å². The normalized spacial score (nSPS) is 13.4. The van der Waals surface area contributed by atoms with Crippen LogP contribution in [-0.4, -0.2) is 24.0 Å². The van der Waals surface area contributed by atoms with E-state index in [1.165, 1.54) is 12.1 Å². The highest BCUT2D eigenvalue weighted by Crippen LogP contribution is 2.32. The van der Waals surface area contributed by atoms with Crippen molar-refractivity contribution in [2.24, 2.45) is 0 Å². The van der Waals surface area contributed by atoms with Crippen LogP contribution in [-0.2, 0) is 17.9 Å². The Labute approximate surface area is 185 Å². The highest BCUT2D eigenvalue weighted by atomic mass is 32.1.